The first-order chi connectivity index (χ1) is 8.55. The van der Waals surface area contributed by atoms with E-state index in [0.29, 0.717) is 5.41 Å². The van der Waals surface area contributed by atoms with E-state index in [1.807, 2.05) is 6.92 Å². The van der Waals surface area contributed by atoms with Crippen molar-refractivity contribution in [1.82, 2.24) is 0 Å². The minimum Gasteiger partial charge on any atom is -0.481 e. The summed E-state index contributed by atoms with van der Waals surface area (Å²) in [6.45, 7) is 4.21. The SMILES string of the molecule is CCC1(CC(C)C(=O)O)C2CC3CC(C2)CC1C3. The summed E-state index contributed by atoms with van der Waals surface area (Å²) in [6, 6.07) is 0. The molecule has 102 valence electrons. The van der Waals surface area contributed by atoms with Crippen molar-refractivity contribution in [3.05, 3.63) is 0 Å². The molecule has 0 spiro atoms. The second-order valence-electron chi connectivity index (χ2n) is 7.33. The van der Waals surface area contributed by atoms with Gasteiger partial charge in [-0.05, 0) is 74.0 Å². The molecule has 0 radical (unpaired) electrons. The molecule has 18 heavy (non-hydrogen) atoms. The highest BCUT2D eigenvalue weighted by atomic mass is 16.4. The highest BCUT2D eigenvalue weighted by molar-refractivity contribution is 5.69. The summed E-state index contributed by atoms with van der Waals surface area (Å²) in [5.74, 6) is 2.86. The number of carbonyl (C=O) groups is 1. The zero-order valence-electron chi connectivity index (χ0n) is 11.7. The number of hydrogen-bond acceptors (Lipinski definition) is 1. The first-order valence-corrected chi connectivity index (χ1v) is 7.78. The summed E-state index contributed by atoms with van der Waals surface area (Å²) >= 11 is 0. The van der Waals surface area contributed by atoms with Gasteiger partial charge >= 0.3 is 5.97 Å². The Hall–Kier alpha value is -0.530. The maximum absolute atomic E-state index is 11.2. The molecule has 0 aromatic heterocycles. The second kappa shape index (κ2) is 4.25. The van der Waals surface area contributed by atoms with Gasteiger partial charge in [0.1, 0.15) is 0 Å². The summed E-state index contributed by atoms with van der Waals surface area (Å²) in [7, 11) is 0. The fourth-order valence-electron chi connectivity index (χ4n) is 5.84. The third kappa shape index (κ3) is 1.71. The Morgan fingerprint density at radius 3 is 2.06 bits per heavy atom. The molecule has 1 N–H and O–H groups in total. The van der Waals surface area contributed by atoms with Gasteiger partial charge in [-0.3, -0.25) is 4.79 Å². The molecule has 1 atom stereocenters. The summed E-state index contributed by atoms with van der Waals surface area (Å²) in [5, 5.41) is 9.25. The van der Waals surface area contributed by atoms with E-state index in [0.717, 1.165) is 30.1 Å². The van der Waals surface area contributed by atoms with E-state index in [-0.39, 0.29) is 5.92 Å². The zero-order valence-corrected chi connectivity index (χ0v) is 11.7. The molecule has 0 aliphatic heterocycles. The molecule has 0 amide bonds. The molecular weight excluding hydrogens is 224 g/mol. The lowest BCUT2D eigenvalue weighted by Crippen LogP contribution is -2.53. The van der Waals surface area contributed by atoms with Crippen LogP contribution in [0, 0.1) is 35.0 Å². The summed E-state index contributed by atoms with van der Waals surface area (Å²) in [4.78, 5) is 11.2. The minimum absolute atomic E-state index is 0.164. The van der Waals surface area contributed by atoms with E-state index < -0.39 is 5.97 Å². The molecule has 4 aliphatic rings. The maximum Gasteiger partial charge on any atom is 0.306 e. The van der Waals surface area contributed by atoms with Gasteiger partial charge in [-0.15, -0.1) is 0 Å². The highest BCUT2D eigenvalue weighted by Gasteiger charge is 2.56. The molecular formula is C16H26O2. The molecule has 1 unspecified atom stereocenters. The molecule has 2 heteroatoms. The van der Waals surface area contributed by atoms with Gasteiger partial charge < -0.3 is 5.11 Å². The van der Waals surface area contributed by atoms with Gasteiger partial charge in [0.25, 0.3) is 0 Å². The number of hydrogen-bond donors (Lipinski definition) is 1. The van der Waals surface area contributed by atoms with Crippen molar-refractivity contribution in [3.63, 3.8) is 0 Å². The molecule has 2 nitrogen and oxygen atoms in total. The van der Waals surface area contributed by atoms with Gasteiger partial charge in [-0.2, -0.15) is 0 Å². The molecule has 4 bridgehead atoms. The van der Waals surface area contributed by atoms with Gasteiger partial charge in [-0.1, -0.05) is 13.8 Å². The van der Waals surface area contributed by atoms with Crippen molar-refractivity contribution >= 4 is 5.97 Å². The Kier molecular flexibility index (Phi) is 2.95. The molecule has 4 rings (SSSR count). The fraction of sp³-hybridized carbons (Fsp3) is 0.938. The van der Waals surface area contributed by atoms with E-state index >= 15 is 0 Å². The average Bonchev–Trinajstić information content (AvgIpc) is 2.32. The van der Waals surface area contributed by atoms with Gasteiger partial charge in [-0.25, -0.2) is 0 Å². The smallest absolute Gasteiger partial charge is 0.306 e. The monoisotopic (exact) mass is 250 g/mol. The Morgan fingerprint density at radius 1 is 1.17 bits per heavy atom. The predicted molar refractivity (Wildman–Crippen MR) is 71.2 cm³/mol. The van der Waals surface area contributed by atoms with Crippen LogP contribution >= 0.6 is 0 Å². The molecule has 0 heterocycles. The Labute approximate surface area is 110 Å². The Balaban J connectivity index is 1.84. The van der Waals surface area contributed by atoms with Crippen molar-refractivity contribution in [3.8, 4) is 0 Å². The van der Waals surface area contributed by atoms with Gasteiger partial charge in [0.2, 0.25) is 0 Å². The highest BCUT2D eigenvalue weighted by Crippen LogP contribution is 2.65. The van der Waals surface area contributed by atoms with Crippen LogP contribution in [0.2, 0.25) is 0 Å². The third-order valence-corrected chi connectivity index (χ3v) is 6.53. The van der Waals surface area contributed by atoms with Crippen molar-refractivity contribution in [2.75, 3.05) is 0 Å². The lowest BCUT2D eigenvalue weighted by atomic mass is 9.43. The largest absolute Gasteiger partial charge is 0.481 e. The number of aliphatic carboxylic acids is 1. The number of carboxylic acid groups (broad SMARTS) is 1. The van der Waals surface area contributed by atoms with Crippen LogP contribution in [0.25, 0.3) is 0 Å². The van der Waals surface area contributed by atoms with Crippen LogP contribution in [0.4, 0.5) is 0 Å². The van der Waals surface area contributed by atoms with E-state index in [1.54, 1.807) is 0 Å². The molecule has 4 aliphatic carbocycles. The van der Waals surface area contributed by atoms with Crippen LogP contribution in [0.15, 0.2) is 0 Å². The van der Waals surface area contributed by atoms with Crippen molar-refractivity contribution in [2.24, 2.45) is 35.0 Å². The van der Waals surface area contributed by atoms with Crippen molar-refractivity contribution in [1.29, 1.82) is 0 Å². The van der Waals surface area contributed by atoms with Crippen LogP contribution in [0.5, 0.6) is 0 Å². The van der Waals surface area contributed by atoms with Gasteiger partial charge in [0.15, 0.2) is 0 Å². The van der Waals surface area contributed by atoms with E-state index in [1.165, 1.54) is 38.5 Å². The third-order valence-electron chi connectivity index (χ3n) is 6.53. The molecule has 0 aromatic rings. The predicted octanol–water partition coefficient (Wildman–Crippen LogP) is 3.95. The Morgan fingerprint density at radius 2 is 1.67 bits per heavy atom. The van der Waals surface area contributed by atoms with Crippen molar-refractivity contribution in [2.45, 2.75) is 58.8 Å². The summed E-state index contributed by atoms with van der Waals surface area (Å²) < 4.78 is 0. The number of carboxylic acids is 1. The van der Waals surface area contributed by atoms with Crippen LogP contribution in [0.1, 0.15) is 58.8 Å². The average molecular weight is 250 g/mol. The van der Waals surface area contributed by atoms with Gasteiger partial charge in [0, 0.05) is 0 Å². The summed E-state index contributed by atoms with van der Waals surface area (Å²) in [5.41, 5.74) is 0.366. The van der Waals surface area contributed by atoms with Crippen LogP contribution in [-0.2, 0) is 4.79 Å². The minimum atomic E-state index is -0.600. The molecule has 4 fully saturated rings. The maximum atomic E-state index is 11.2. The number of rotatable bonds is 4. The van der Waals surface area contributed by atoms with Gasteiger partial charge in [0.05, 0.1) is 5.92 Å². The zero-order chi connectivity index (χ0) is 12.9. The normalized spacial score (nSPS) is 47.2. The molecule has 0 aromatic carbocycles. The van der Waals surface area contributed by atoms with Crippen LogP contribution < -0.4 is 0 Å². The van der Waals surface area contributed by atoms with Crippen LogP contribution in [0.3, 0.4) is 0 Å². The first kappa shape index (κ1) is 12.5. The summed E-state index contributed by atoms with van der Waals surface area (Å²) in [6.07, 6.45) is 9.18. The van der Waals surface area contributed by atoms with E-state index in [2.05, 4.69) is 6.92 Å². The standard InChI is InChI=1S/C16H26O2/c1-3-16(9-10(2)15(17)18)13-5-11-4-12(7-13)8-14(16)6-11/h10-14H,3-9H2,1-2H3,(H,17,18). The topological polar surface area (TPSA) is 37.3 Å². The molecule has 4 saturated carbocycles. The lowest BCUT2D eigenvalue weighted by molar-refractivity contribution is -0.150. The van der Waals surface area contributed by atoms with E-state index in [4.69, 9.17) is 0 Å². The molecule has 0 saturated heterocycles. The first-order valence-electron chi connectivity index (χ1n) is 7.78. The fourth-order valence-corrected chi connectivity index (χ4v) is 5.84. The lowest BCUT2D eigenvalue weighted by Gasteiger charge is -2.62. The van der Waals surface area contributed by atoms with Crippen LogP contribution in [-0.4, -0.2) is 11.1 Å². The second-order valence-corrected chi connectivity index (χ2v) is 7.33. The quantitative estimate of drug-likeness (QED) is 0.820. The Bertz CT molecular complexity index is 319. The van der Waals surface area contributed by atoms with Crippen molar-refractivity contribution < 1.29 is 9.90 Å². The van der Waals surface area contributed by atoms with E-state index in [9.17, 15) is 9.90 Å².